The van der Waals surface area contributed by atoms with Crippen molar-refractivity contribution >= 4 is 11.3 Å². The highest BCUT2D eigenvalue weighted by molar-refractivity contribution is 7.09. The number of hydrogen-bond donors (Lipinski definition) is 0. The second-order valence-corrected chi connectivity index (χ2v) is 7.33. The summed E-state index contributed by atoms with van der Waals surface area (Å²) < 4.78 is 5.80. The summed E-state index contributed by atoms with van der Waals surface area (Å²) in [6.45, 7) is 11.5. The van der Waals surface area contributed by atoms with Gasteiger partial charge in [-0.2, -0.15) is 0 Å². The third-order valence-electron chi connectivity index (χ3n) is 3.23. The molecular weight excluding hydrogens is 266 g/mol. The van der Waals surface area contributed by atoms with Gasteiger partial charge in [-0.05, 0) is 23.6 Å². The maximum Gasteiger partial charge on any atom is 0.140 e. The third-order valence-corrected chi connectivity index (χ3v) is 4.05. The summed E-state index contributed by atoms with van der Waals surface area (Å²) in [4.78, 5) is 4.64. The molecule has 20 heavy (non-hydrogen) atoms. The Bertz CT molecular complexity index is 549. The maximum atomic E-state index is 5.80. The molecule has 1 aromatic heterocycles. The van der Waals surface area contributed by atoms with Gasteiger partial charge in [-0.15, -0.1) is 11.3 Å². The van der Waals surface area contributed by atoms with Gasteiger partial charge in [-0.3, -0.25) is 0 Å². The van der Waals surface area contributed by atoms with E-state index < -0.39 is 0 Å². The standard InChI is InChI=1S/C17H23NOS/c1-12(2)13-6-8-14(9-7-13)19-10-16-18-15(11-20-16)17(3,4)5/h6-9,11-12H,10H2,1-5H3. The Morgan fingerprint density at radius 3 is 2.30 bits per heavy atom. The molecule has 0 aliphatic heterocycles. The van der Waals surface area contributed by atoms with E-state index in [1.54, 1.807) is 11.3 Å². The van der Waals surface area contributed by atoms with Crippen LogP contribution in [0.5, 0.6) is 5.75 Å². The van der Waals surface area contributed by atoms with Crippen molar-refractivity contribution in [3.05, 3.63) is 45.9 Å². The highest BCUT2D eigenvalue weighted by Gasteiger charge is 2.17. The Kier molecular flexibility index (Phi) is 4.48. The molecule has 0 saturated heterocycles. The lowest BCUT2D eigenvalue weighted by Gasteiger charge is -2.14. The summed E-state index contributed by atoms with van der Waals surface area (Å²) >= 11 is 1.67. The lowest BCUT2D eigenvalue weighted by Crippen LogP contribution is -2.11. The van der Waals surface area contributed by atoms with Crippen molar-refractivity contribution in [2.24, 2.45) is 0 Å². The summed E-state index contributed by atoms with van der Waals surface area (Å²) in [6.07, 6.45) is 0. The zero-order valence-corrected chi connectivity index (χ0v) is 13.8. The molecule has 1 aromatic carbocycles. The van der Waals surface area contributed by atoms with Crippen LogP contribution in [0.15, 0.2) is 29.6 Å². The molecule has 0 radical (unpaired) electrons. The molecule has 0 spiro atoms. The topological polar surface area (TPSA) is 22.1 Å². The zero-order chi connectivity index (χ0) is 14.8. The molecule has 0 fully saturated rings. The SMILES string of the molecule is CC(C)c1ccc(OCc2nc(C(C)(C)C)cs2)cc1. The van der Waals surface area contributed by atoms with Crippen LogP contribution in [0, 0.1) is 0 Å². The number of thiazole rings is 1. The van der Waals surface area contributed by atoms with Crippen LogP contribution in [-0.4, -0.2) is 4.98 Å². The second-order valence-electron chi connectivity index (χ2n) is 6.39. The van der Waals surface area contributed by atoms with Gasteiger partial charge in [-0.1, -0.05) is 46.8 Å². The van der Waals surface area contributed by atoms with Crippen LogP contribution in [0.2, 0.25) is 0 Å². The van der Waals surface area contributed by atoms with Crippen molar-refractivity contribution in [2.75, 3.05) is 0 Å². The molecular formula is C17H23NOS. The quantitative estimate of drug-likeness (QED) is 0.777. The van der Waals surface area contributed by atoms with Gasteiger partial charge in [0, 0.05) is 10.8 Å². The van der Waals surface area contributed by atoms with Crippen molar-refractivity contribution in [2.45, 2.75) is 52.6 Å². The molecule has 0 aliphatic carbocycles. The zero-order valence-electron chi connectivity index (χ0n) is 12.9. The minimum atomic E-state index is 0.105. The Balaban J connectivity index is 1.96. The van der Waals surface area contributed by atoms with E-state index in [1.165, 1.54) is 5.56 Å². The molecule has 0 atom stereocenters. The van der Waals surface area contributed by atoms with Crippen LogP contribution in [-0.2, 0) is 12.0 Å². The van der Waals surface area contributed by atoms with Crippen LogP contribution in [0.4, 0.5) is 0 Å². The van der Waals surface area contributed by atoms with Crippen molar-refractivity contribution in [1.29, 1.82) is 0 Å². The molecule has 1 heterocycles. The number of benzene rings is 1. The molecule has 0 amide bonds. The fraction of sp³-hybridized carbons (Fsp3) is 0.471. The molecule has 2 nitrogen and oxygen atoms in total. The maximum absolute atomic E-state index is 5.80. The molecule has 0 aliphatic rings. The summed E-state index contributed by atoms with van der Waals surface area (Å²) in [6, 6.07) is 8.33. The Morgan fingerprint density at radius 1 is 1.15 bits per heavy atom. The van der Waals surface area contributed by atoms with E-state index in [0.717, 1.165) is 16.5 Å². The summed E-state index contributed by atoms with van der Waals surface area (Å²) in [5, 5.41) is 3.16. The molecule has 3 heteroatoms. The number of ether oxygens (including phenoxy) is 1. The van der Waals surface area contributed by atoms with E-state index in [1.807, 2.05) is 12.1 Å². The van der Waals surface area contributed by atoms with Crippen LogP contribution >= 0.6 is 11.3 Å². The van der Waals surface area contributed by atoms with E-state index in [-0.39, 0.29) is 5.41 Å². The van der Waals surface area contributed by atoms with E-state index in [2.05, 4.69) is 57.1 Å². The molecule has 108 valence electrons. The monoisotopic (exact) mass is 289 g/mol. The predicted molar refractivity (Wildman–Crippen MR) is 85.7 cm³/mol. The molecule has 0 saturated carbocycles. The van der Waals surface area contributed by atoms with Crippen LogP contribution in [0.25, 0.3) is 0 Å². The fourth-order valence-corrected chi connectivity index (χ4v) is 2.75. The average molecular weight is 289 g/mol. The van der Waals surface area contributed by atoms with E-state index in [4.69, 9.17) is 4.74 Å². The molecule has 0 bridgehead atoms. The highest BCUT2D eigenvalue weighted by atomic mass is 32.1. The van der Waals surface area contributed by atoms with Crippen molar-refractivity contribution in [1.82, 2.24) is 4.98 Å². The molecule has 2 rings (SSSR count). The Labute approximate surface area is 125 Å². The first-order chi connectivity index (χ1) is 9.36. The third kappa shape index (κ3) is 3.83. The predicted octanol–water partition coefficient (Wildman–Crippen LogP) is 5.14. The van der Waals surface area contributed by atoms with Crippen molar-refractivity contribution < 1.29 is 4.74 Å². The van der Waals surface area contributed by atoms with Gasteiger partial charge in [0.05, 0.1) is 5.69 Å². The van der Waals surface area contributed by atoms with Gasteiger partial charge in [0.15, 0.2) is 0 Å². The fourth-order valence-electron chi connectivity index (χ4n) is 1.82. The van der Waals surface area contributed by atoms with Gasteiger partial charge >= 0.3 is 0 Å². The lowest BCUT2D eigenvalue weighted by molar-refractivity contribution is 0.304. The number of hydrogen-bond acceptors (Lipinski definition) is 3. The number of nitrogens with zero attached hydrogens (tertiary/aromatic N) is 1. The summed E-state index contributed by atoms with van der Waals surface area (Å²) in [5.74, 6) is 1.46. The number of aromatic nitrogens is 1. The van der Waals surface area contributed by atoms with E-state index in [0.29, 0.717) is 12.5 Å². The van der Waals surface area contributed by atoms with Crippen LogP contribution in [0.1, 0.15) is 56.8 Å². The van der Waals surface area contributed by atoms with Crippen LogP contribution < -0.4 is 4.74 Å². The first-order valence-corrected chi connectivity index (χ1v) is 7.92. The summed E-state index contributed by atoms with van der Waals surface area (Å²) in [5.41, 5.74) is 2.58. The van der Waals surface area contributed by atoms with Gasteiger partial charge in [0.2, 0.25) is 0 Å². The lowest BCUT2D eigenvalue weighted by atomic mass is 9.93. The van der Waals surface area contributed by atoms with Crippen molar-refractivity contribution in [3.8, 4) is 5.75 Å². The minimum Gasteiger partial charge on any atom is -0.486 e. The Morgan fingerprint density at radius 2 is 1.80 bits per heavy atom. The van der Waals surface area contributed by atoms with Crippen LogP contribution in [0.3, 0.4) is 0 Å². The summed E-state index contributed by atoms with van der Waals surface area (Å²) in [7, 11) is 0. The van der Waals surface area contributed by atoms with Gasteiger partial charge in [0.25, 0.3) is 0 Å². The van der Waals surface area contributed by atoms with E-state index >= 15 is 0 Å². The molecule has 0 unspecified atom stereocenters. The van der Waals surface area contributed by atoms with E-state index in [9.17, 15) is 0 Å². The minimum absolute atomic E-state index is 0.105. The molecule has 2 aromatic rings. The average Bonchev–Trinajstić information content (AvgIpc) is 2.85. The second kappa shape index (κ2) is 5.96. The first kappa shape index (κ1) is 15.0. The van der Waals surface area contributed by atoms with Gasteiger partial charge < -0.3 is 4.74 Å². The van der Waals surface area contributed by atoms with Gasteiger partial charge in [-0.25, -0.2) is 4.98 Å². The largest absolute Gasteiger partial charge is 0.486 e. The smallest absolute Gasteiger partial charge is 0.140 e. The van der Waals surface area contributed by atoms with Crippen molar-refractivity contribution in [3.63, 3.8) is 0 Å². The van der Waals surface area contributed by atoms with Gasteiger partial charge in [0.1, 0.15) is 17.4 Å². The highest BCUT2D eigenvalue weighted by Crippen LogP contribution is 2.25. The Hall–Kier alpha value is -1.35. The normalized spacial score (nSPS) is 11.9. The first-order valence-electron chi connectivity index (χ1n) is 7.04. The number of rotatable bonds is 4. The molecule has 0 N–H and O–H groups in total.